The summed E-state index contributed by atoms with van der Waals surface area (Å²) < 4.78 is 0. The normalized spacial score (nSPS) is 14.8. The SMILES string of the molecule is Cc1ccc(CCC(=O)N2CCN(Cc3ccc(C#N)cc3)CC2)cc1Cl. The van der Waals surface area contributed by atoms with Crippen LogP contribution in [0.1, 0.15) is 28.7 Å². The topological polar surface area (TPSA) is 47.3 Å². The van der Waals surface area contributed by atoms with Crippen LogP contribution in [0.2, 0.25) is 5.02 Å². The van der Waals surface area contributed by atoms with Crippen molar-refractivity contribution in [3.63, 3.8) is 0 Å². The number of nitrogens with zero attached hydrogens (tertiary/aromatic N) is 3. The van der Waals surface area contributed by atoms with Gasteiger partial charge in [0.2, 0.25) is 5.91 Å². The van der Waals surface area contributed by atoms with Gasteiger partial charge in [0, 0.05) is 44.2 Å². The summed E-state index contributed by atoms with van der Waals surface area (Å²) in [6.45, 7) is 6.13. The molecule has 1 amide bonds. The van der Waals surface area contributed by atoms with Gasteiger partial charge in [-0.2, -0.15) is 5.26 Å². The summed E-state index contributed by atoms with van der Waals surface area (Å²) >= 11 is 6.16. The van der Waals surface area contributed by atoms with E-state index in [9.17, 15) is 4.79 Å². The van der Waals surface area contributed by atoms with Crippen LogP contribution in [0.15, 0.2) is 42.5 Å². The average Bonchev–Trinajstić information content (AvgIpc) is 2.70. The van der Waals surface area contributed by atoms with Crippen LogP contribution in [0.5, 0.6) is 0 Å². The van der Waals surface area contributed by atoms with Gasteiger partial charge in [-0.1, -0.05) is 35.9 Å². The van der Waals surface area contributed by atoms with Gasteiger partial charge in [0.15, 0.2) is 0 Å². The van der Waals surface area contributed by atoms with Gasteiger partial charge in [-0.3, -0.25) is 9.69 Å². The van der Waals surface area contributed by atoms with Gasteiger partial charge >= 0.3 is 0 Å². The molecule has 0 N–H and O–H groups in total. The van der Waals surface area contributed by atoms with E-state index in [1.165, 1.54) is 5.56 Å². The molecule has 4 nitrogen and oxygen atoms in total. The molecule has 0 aromatic heterocycles. The highest BCUT2D eigenvalue weighted by Gasteiger charge is 2.20. The molecule has 3 rings (SSSR count). The monoisotopic (exact) mass is 381 g/mol. The lowest BCUT2D eigenvalue weighted by Gasteiger charge is -2.34. The largest absolute Gasteiger partial charge is 0.340 e. The molecule has 140 valence electrons. The summed E-state index contributed by atoms with van der Waals surface area (Å²) in [5, 5.41) is 9.63. The molecule has 0 spiro atoms. The zero-order chi connectivity index (χ0) is 19.2. The first kappa shape index (κ1) is 19.4. The van der Waals surface area contributed by atoms with Crippen molar-refractivity contribution >= 4 is 17.5 Å². The Labute approximate surface area is 166 Å². The number of halogens is 1. The third-order valence-electron chi connectivity index (χ3n) is 5.08. The van der Waals surface area contributed by atoms with E-state index in [2.05, 4.69) is 11.0 Å². The fourth-order valence-electron chi connectivity index (χ4n) is 3.30. The van der Waals surface area contributed by atoms with Crippen LogP contribution in [-0.4, -0.2) is 41.9 Å². The second-order valence-corrected chi connectivity index (χ2v) is 7.46. The van der Waals surface area contributed by atoms with Gasteiger partial charge in [0.1, 0.15) is 0 Å². The number of hydrogen-bond acceptors (Lipinski definition) is 3. The highest BCUT2D eigenvalue weighted by atomic mass is 35.5. The third-order valence-corrected chi connectivity index (χ3v) is 5.49. The first-order valence-corrected chi connectivity index (χ1v) is 9.67. The number of carbonyl (C=O) groups excluding carboxylic acids is 1. The highest BCUT2D eigenvalue weighted by Crippen LogP contribution is 2.18. The fraction of sp³-hybridized carbons (Fsp3) is 0.364. The lowest BCUT2D eigenvalue weighted by atomic mass is 10.1. The predicted molar refractivity (Wildman–Crippen MR) is 108 cm³/mol. The Hall–Kier alpha value is -2.35. The van der Waals surface area contributed by atoms with Crippen LogP contribution in [0.3, 0.4) is 0 Å². The molecule has 2 aromatic carbocycles. The molecule has 1 fully saturated rings. The third kappa shape index (κ3) is 5.32. The number of nitriles is 1. The van der Waals surface area contributed by atoms with E-state index < -0.39 is 0 Å². The first-order chi connectivity index (χ1) is 13.0. The van der Waals surface area contributed by atoms with Crippen LogP contribution in [-0.2, 0) is 17.8 Å². The number of amides is 1. The van der Waals surface area contributed by atoms with Crippen LogP contribution in [0, 0.1) is 18.3 Å². The summed E-state index contributed by atoms with van der Waals surface area (Å²) in [5.41, 5.74) is 4.05. The van der Waals surface area contributed by atoms with Crippen LogP contribution in [0.25, 0.3) is 0 Å². The van der Waals surface area contributed by atoms with E-state index in [4.69, 9.17) is 16.9 Å². The van der Waals surface area contributed by atoms with Gasteiger partial charge in [-0.05, 0) is 48.2 Å². The van der Waals surface area contributed by atoms with Crippen molar-refractivity contribution < 1.29 is 4.79 Å². The van der Waals surface area contributed by atoms with Crippen LogP contribution in [0.4, 0.5) is 0 Å². The molecule has 0 aliphatic carbocycles. The van der Waals surface area contributed by atoms with Crippen molar-refractivity contribution in [3.8, 4) is 6.07 Å². The van der Waals surface area contributed by atoms with E-state index in [1.807, 2.05) is 54.3 Å². The lowest BCUT2D eigenvalue weighted by Crippen LogP contribution is -2.48. The molecular weight excluding hydrogens is 358 g/mol. The minimum atomic E-state index is 0.213. The second-order valence-electron chi connectivity index (χ2n) is 7.05. The van der Waals surface area contributed by atoms with Crippen LogP contribution < -0.4 is 0 Å². The number of aryl methyl sites for hydroxylation is 2. The fourth-order valence-corrected chi connectivity index (χ4v) is 3.50. The van der Waals surface area contributed by atoms with Gasteiger partial charge in [0.05, 0.1) is 11.6 Å². The Balaban J connectivity index is 1.44. The molecule has 0 saturated carbocycles. The zero-order valence-electron chi connectivity index (χ0n) is 15.6. The molecule has 1 saturated heterocycles. The predicted octanol–water partition coefficient (Wildman–Crippen LogP) is 3.80. The molecule has 27 heavy (non-hydrogen) atoms. The minimum absolute atomic E-state index is 0.213. The molecule has 1 aliphatic rings. The number of benzene rings is 2. The molecular formula is C22H24ClN3O. The van der Waals surface area contributed by atoms with Crippen molar-refractivity contribution in [2.24, 2.45) is 0 Å². The van der Waals surface area contributed by atoms with Gasteiger partial charge in [0.25, 0.3) is 0 Å². The smallest absolute Gasteiger partial charge is 0.222 e. The van der Waals surface area contributed by atoms with Gasteiger partial charge in [-0.25, -0.2) is 0 Å². The van der Waals surface area contributed by atoms with Crippen molar-refractivity contribution in [2.45, 2.75) is 26.3 Å². The van der Waals surface area contributed by atoms with Crippen molar-refractivity contribution in [1.29, 1.82) is 5.26 Å². The maximum atomic E-state index is 12.5. The standard InChI is InChI=1S/C22H24ClN3O/c1-17-2-3-18(14-21(17)23)8-9-22(27)26-12-10-25(11-13-26)16-20-6-4-19(15-24)5-7-20/h2-7,14H,8-13,16H2,1H3. The summed E-state index contributed by atoms with van der Waals surface area (Å²) in [6, 6.07) is 15.9. The molecule has 0 bridgehead atoms. The number of rotatable bonds is 5. The van der Waals surface area contributed by atoms with Crippen molar-refractivity contribution in [1.82, 2.24) is 9.80 Å². The zero-order valence-corrected chi connectivity index (χ0v) is 16.4. The first-order valence-electron chi connectivity index (χ1n) is 9.29. The summed E-state index contributed by atoms with van der Waals surface area (Å²) in [5.74, 6) is 0.213. The molecule has 2 aromatic rings. The molecule has 1 aliphatic heterocycles. The van der Waals surface area contributed by atoms with E-state index >= 15 is 0 Å². The highest BCUT2D eigenvalue weighted by molar-refractivity contribution is 6.31. The Kier molecular flexibility index (Phi) is 6.49. The molecule has 1 heterocycles. The van der Waals surface area contributed by atoms with E-state index in [0.717, 1.165) is 55.3 Å². The Morgan fingerprint density at radius 1 is 1.07 bits per heavy atom. The maximum Gasteiger partial charge on any atom is 0.222 e. The maximum absolute atomic E-state index is 12.5. The van der Waals surface area contributed by atoms with Crippen molar-refractivity contribution in [2.75, 3.05) is 26.2 Å². The Morgan fingerprint density at radius 2 is 1.74 bits per heavy atom. The summed E-state index contributed by atoms with van der Waals surface area (Å²) in [4.78, 5) is 16.8. The molecule has 0 atom stereocenters. The Bertz CT molecular complexity index is 834. The number of hydrogen-bond donors (Lipinski definition) is 0. The average molecular weight is 382 g/mol. The summed E-state index contributed by atoms with van der Waals surface area (Å²) in [6.07, 6.45) is 1.25. The number of carbonyl (C=O) groups is 1. The lowest BCUT2D eigenvalue weighted by molar-refractivity contribution is -0.133. The molecule has 0 radical (unpaired) electrons. The summed E-state index contributed by atoms with van der Waals surface area (Å²) in [7, 11) is 0. The van der Waals surface area contributed by atoms with Gasteiger partial charge < -0.3 is 4.90 Å². The Morgan fingerprint density at radius 3 is 2.37 bits per heavy atom. The minimum Gasteiger partial charge on any atom is -0.340 e. The second kappa shape index (κ2) is 9.03. The molecule has 0 unspecified atom stereocenters. The van der Waals surface area contributed by atoms with Crippen molar-refractivity contribution in [3.05, 3.63) is 69.7 Å². The van der Waals surface area contributed by atoms with Crippen LogP contribution >= 0.6 is 11.6 Å². The van der Waals surface area contributed by atoms with Gasteiger partial charge in [-0.15, -0.1) is 0 Å². The van der Waals surface area contributed by atoms with E-state index in [1.54, 1.807) is 0 Å². The van der Waals surface area contributed by atoms with E-state index in [0.29, 0.717) is 12.0 Å². The number of piperazine rings is 1. The molecule has 5 heteroatoms. The van der Waals surface area contributed by atoms with E-state index in [-0.39, 0.29) is 5.91 Å². The quantitative estimate of drug-likeness (QED) is 0.791.